The Bertz CT molecular complexity index is 2650. The minimum atomic E-state index is 1.23. The Labute approximate surface area is 278 Å². The molecule has 10 rings (SSSR count). The number of hydrogen-bond acceptors (Lipinski definition) is 1. The van der Waals surface area contributed by atoms with E-state index in [1.54, 1.807) is 0 Å². The summed E-state index contributed by atoms with van der Waals surface area (Å²) < 4.78 is 0. The summed E-state index contributed by atoms with van der Waals surface area (Å²) in [6.07, 6.45) is 0. The van der Waals surface area contributed by atoms with E-state index in [1.165, 1.54) is 97.4 Å². The lowest BCUT2D eigenvalue weighted by Gasteiger charge is -2.22. The van der Waals surface area contributed by atoms with Gasteiger partial charge in [-0.15, -0.1) is 0 Å². The summed E-state index contributed by atoms with van der Waals surface area (Å²) >= 11 is 1.89. The van der Waals surface area contributed by atoms with Crippen LogP contribution in [0.3, 0.4) is 0 Å². The molecule has 0 aliphatic carbocycles. The Hall–Kier alpha value is -5.63. The molecule has 0 radical (unpaired) electrons. The summed E-state index contributed by atoms with van der Waals surface area (Å²) in [4.78, 5) is 2.65. The van der Waals surface area contributed by atoms with Crippen LogP contribution in [0, 0.1) is 0 Å². The summed E-state index contributed by atoms with van der Waals surface area (Å²) in [6, 6.07) is 62.8. The fourth-order valence-electron chi connectivity index (χ4n) is 7.69. The maximum Gasteiger partial charge on any atom is 0.0207 e. The predicted octanol–water partition coefficient (Wildman–Crippen LogP) is 13.4. The third kappa shape index (κ3) is 4.17. The highest BCUT2D eigenvalue weighted by Gasteiger charge is 2.22. The van der Waals surface area contributed by atoms with Gasteiger partial charge in [-0.25, -0.2) is 0 Å². The summed E-state index contributed by atoms with van der Waals surface area (Å²) in [6.45, 7) is 0. The van der Waals surface area contributed by atoms with Gasteiger partial charge in [-0.3, -0.25) is 0 Å². The molecule has 0 aromatic heterocycles. The fourth-order valence-corrected chi connectivity index (χ4v) is 8.82. The SMILES string of the molecule is c1cc(-c2ccc3ccccc3c2)cc(-c2c3ccccc3c(-c3ccc4c(c3)-c3cccc5cccc(c35)S4)c3ccccc23)c1. The second-order valence-electron chi connectivity index (χ2n) is 12.5. The molecular weight excluding hydrogens is 585 g/mol. The van der Waals surface area contributed by atoms with Gasteiger partial charge in [-0.1, -0.05) is 151 Å². The van der Waals surface area contributed by atoms with E-state index in [0.717, 1.165) is 0 Å². The monoisotopic (exact) mass is 612 g/mol. The van der Waals surface area contributed by atoms with Crippen LogP contribution in [0.4, 0.5) is 0 Å². The molecule has 0 nitrogen and oxygen atoms in total. The maximum atomic E-state index is 2.43. The third-order valence-corrected chi connectivity index (χ3v) is 10.9. The molecule has 0 amide bonds. The molecule has 0 atom stereocenters. The van der Waals surface area contributed by atoms with Gasteiger partial charge >= 0.3 is 0 Å². The Balaban J connectivity index is 1.20. The number of fused-ring (bicyclic) bond motifs is 5. The van der Waals surface area contributed by atoms with E-state index < -0.39 is 0 Å². The van der Waals surface area contributed by atoms with Crippen molar-refractivity contribution in [2.24, 2.45) is 0 Å². The predicted molar refractivity (Wildman–Crippen MR) is 202 cm³/mol. The lowest BCUT2D eigenvalue weighted by molar-refractivity contribution is 1.40. The minimum absolute atomic E-state index is 1.23. The Morgan fingerprint density at radius 2 is 0.851 bits per heavy atom. The van der Waals surface area contributed by atoms with Gasteiger partial charge in [0.25, 0.3) is 0 Å². The molecule has 0 saturated carbocycles. The van der Waals surface area contributed by atoms with Crippen molar-refractivity contribution in [1.29, 1.82) is 0 Å². The summed E-state index contributed by atoms with van der Waals surface area (Å²) in [5.74, 6) is 0. The van der Waals surface area contributed by atoms with E-state index in [2.05, 4.69) is 170 Å². The quantitative estimate of drug-likeness (QED) is 0.179. The van der Waals surface area contributed by atoms with Crippen LogP contribution in [0.1, 0.15) is 0 Å². The van der Waals surface area contributed by atoms with Crippen molar-refractivity contribution in [3.8, 4) is 44.5 Å². The first-order valence-corrected chi connectivity index (χ1v) is 17.0. The molecule has 0 bridgehead atoms. The van der Waals surface area contributed by atoms with Crippen molar-refractivity contribution >= 4 is 54.9 Å². The van der Waals surface area contributed by atoms with Crippen molar-refractivity contribution in [3.63, 3.8) is 0 Å². The van der Waals surface area contributed by atoms with Crippen LogP contribution in [0.5, 0.6) is 0 Å². The molecule has 0 spiro atoms. The number of benzene rings is 9. The average Bonchev–Trinajstić information content (AvgIpc) is 3.14. The molecule has 9 aromatic rings. The number of hydrogen-bond donors (Lipinski definition) is 0. The van der Waals surface area contributed by atoms with E-state index in [4.69, 9.17) is 0 Å². The van der Waals surface area contributed by atoms with E-state index in [1.807, 2.05) is 11.8 Å². The summed E-state index contributed by atoms with van der Waals surface area (Å²) in [7, 11) is 0. The van der Waals surface area contributed by atoms with Crippen molar-refractivity contribution in [3.05, 3.63) is 170 Å². The van der Waals surface area contributed by atoms with Crippen molar-refractivity contribution in [1.82, 2.24) is 0 Å². The van der Waals surface area contributed by atoms with E-state index in [9.17, 15) is 0 Å². The highest BCUT2D eigenvalue weighted by molar-refractivity contribution is 7.99. The molecule has 1 aliphatic heterocycles. The van der Waals surface area contributed by atoms with E-state index in [-0.39, 0.29) is 0 Å². The highest BCUT2D eigenvalue weighted by Crippen LogP contribution is 2.50. The molecule has 218 valence electrons. The van der Waals surface area contributed by atoms with Crippen LogP contribution < -0.4 is 0 Å². The smallest absolute Gasteiger partial charge is 0.0207 e. The molecule has 9 aromatic carbocycles. The lowest BCUT2D eigenvalue weighted by Crippen LogP contribution is -1.95. The van der Waals surface area contributed by atoms with Gasteiger partial charge in [0.2, 0.25) is 0 Å². The first kappa shape index (κ1) is 26.6. The summed E-state index contributed by atoms with van der Waals surface area (Å²) in [5, 5.41) is 10.3. The first-order chi connectivity index (χ1) is 23.3. The second kappa shape index (κ2) is 10.5. The van der Waals surface area contributed by atoms with Crippen LogP contribution in [0.15, 0.2) is 180 Å². The van der Waals surface area contributed by atoms with E-state index in [0.29, 0.717) is 0 Å². The van der Waals surface area contributed by atoms with Crippen LogP contribution in [-0.4, -0.2) is 0 Å². The zero-order valence-electron chi connectivity index (χ0n) is 25.6. The van der Waals surface area contributed by atoms with Gasteiger partial charge in [0.15, 0.2) is 0 Å². The van der Waals surface area contributed by atoms with Crippen molar-refractivity contribution < 1.29 is 0 Å². The molecule has 47 heavy (non-hydrogen) atoms. The Morgan fingerprint density at radius 1 is 0.298 bits per heavy atom. The van der Waals surface area contributed by atoms with Crippen LogP contribution in [0.25, 0.3) is 87.6 Å². The van der Waals surface area contributed by atoms with Gasteiger partial charge in [-0.05, 0) is 113 Å². The molecule has 0 N–H and O–H groups in total. The van der Waals surface area contributed by atoms with Crippen molar-refractivity contribution in [2.45, 2.75) is 9.79 Å². The fraction of sp³-hybridized carbons (Fsp3) is 0. The van der Waals surface area contributed by atoms with Crippen LogP contribution >= 0.6 is 11.8 Å². The highest BCUT2D eigenvalue weighted by atomic mass is 32.2. The number of rotatable bonds is 3. The molecule has 0 unspecified atom stereocenters. The van der Waals surface area contributed by atoms with Crippen LogP contribution in [0.2, 0.25) is 0 Å². The zero-order chi connectivity index (χ0) is 30.9. The van der Waals surface area contributed by atoms with Gasteiger partial charge in [0.05, 0.1) is 0 Å². The summed E-state index contributed by atoms with van der Waals surface area (Å²) in [5.41, 5.74) is 10.2. The Morgan fingerprint density at radius 3 is 1.60 bits per heavy atom. The third-order valence-electron chi connectivity index (χ3n) is 9.81. The first-order valence-electron chi connectivity index (χ1n) is 16.2. The Kier molecular flexibility index (Phi) is 5.91. The van der Waals surface area contributed by atoms with Gasteiger partial charge in [0.1, 0.15) is 0 Å². The van der Waals surface area contributed by atoms with Gasteiger partial charge in [-0.2, -0.15) is 0 Å². The molecular formula is C46H28S. The van der Waals surface area contributed by atoms with Gasteiger partial charge < -0.3 is 0 Å². The molecule has 1 heteroatoms. The topological polar surface area (TPSA) is 0 Å². The normalized spacial score (nSPS) is 12.2. The maximum absolute atomic E-state index is 2.43. The average molecular weight is 613 g/mol. The molecule has 1 heterocycles. The minimum Gasteiger partial charge on any atom is -0.0888 e. The molecule has 0 fully saturated rings. The second-order valence-corrected chi connectivity index (χ2v) is 13.5. The lowest BCUT2D eigenvalue weighted by atomic mass is 9.84. The molecule has 1 aliphatic rings. The molecule has 0 saturated heterocycles. The zero-order valence-corrected chi connectivity index (χ0v) is 26.4. The van der Waals surface area contributed by atoms with Crippen molar-refractivity contribution in [2.75, 3.05) is 0 Å². The largest absolute Gasteiger partial charge is 0.0888 e. The standard InChI is InChI=1S/C46H28S/c1-2-11-31-26-33(23-22-29(31)10-1)32-14-7-15-34(27-32)44-36-16-3-5-18-38(36)45(39-19-6-4-17-37(39)44)35-24-25-42-41(28-35)40-20-8-12-30-13-9-21-43(47-42)46(30)40/h1-28H. The van der Waals surface area contributed by atoms with Crippen LogP contribution in [-0.2, 0) is 0 Å². The van der Waals surface area contributed by atoms with E-state index >= 15 is 0 Å². The van der Waals surface area contributed by atoms with Gasteiger partial charge in [0, 0.05) is 15.2 Å².